The first-order valence-electron chi connectivity index (χ1n) is 4.68. The number of methoxy groups -OCH3 is 1. The first-order chi connectivity index (χ1) is 8.52. The van der Waals surface area contributed by atoms with E-state index >= 15 is 0 Å². The van der Waals surface area contributed by atoms with Gasteiger partial charge in [-0.25, -0.2) is 8.78 Å². The summed E-state index contributed by atoms with van der Waals surface area (Å²) in [6, 6.07) is 0.766. The van der Waals surface area contributed by atoms with E-state index < -0.39 is 41.2 Å². The second-order valence-electron chi connectivity index (χ2n) is 3.53. The molecule has 108 valence electrons. The Kier molecular flexibility index (Phi) is 3.99. The number of benzene rings is 1. The third kappa shape index (κ3) is 2.75. The molecular weight excluding hydrogens is 285 g/mol. The molecule has 0 fully saturated rings. The van der Waals surface area contributed by atoms with Crippen LogP contribution in [0.15, 0.2) is 12.1 Å². The van der Waals surface area contributed by atoms with Gasteiger partial charge in [0.1, 0.15) is 17.4 Å². The van der Waals surface area contributed by atoms with Crippen LogP contribution in [0.25, 0.3) is 0 Å². The number of hydrogen-bond donors (Lipinski definition) is 1. The molecule has 1 aromatic carbocycles. The Balaban J connectivity index is 3.32. The molecule has 0 aliphatic heterocycles. The quantitative estimate of drug-likeness (QED) is 0.867. The lowest BCUT2D eigenvalue weighted by atomic mass is 10.0. The van der Waals surface area contributed by atoms with Gasteiger partial charge in [-0.05, 0) is 0 Å². The molecular formula is C10H7F7O2. The Bertz CT molecular complexity index is 446. The minimum Gasteiger partial charge on any atom is -0.497 e. The molecule has 0 bridgehead atoms. The van der Waals surface area contributed by atoms with Crippen LogP contribution in [0.4, 0.5) is 30.7 Å². The molecule has 1 atom stereocenters. The number of ether oxygens (including phenoxy) is 1. The van der Waals surface area contributed by atoms with E-state index in [9.17, 15) is 30.7 Å². The zero-order valence-corrected chi connectivity index (χ0v) is 9.23. The van der Waals surface area contributed by atoms with Gasteiger partial charge in [-0.1, -0.05) is 0 Å². The number of aliphatic hydroxyl groups is 1. The van der Waals surface area contributed by atoms with Gasteiger partial charge in [0, 0.05) is 12.1 Å². The highest BCUT2D eigenvalue weighted by molar-refractivity contribution is 5.33. The van der Waals surface area contributed by atoms with E-state index in [0.29, 0.717) is 12.1 Å². The maximum absolute atomic E-state index is 13.3. The zero-order chi connectivity index (χ0) is 15.0. The fourth-order valence-corrected chi connectivity index (χ4v) is 1.28. The predicted molar refractivity (Wildman–Crippen MR) is 48.9 cm³/mol. The van der Waals surface area contributed by atoms with Crippen molar-refractivity contribution >= 4 is 0 Å². The molecule has 1 aromatic rings. The highest BCUT2D eigenvalue weighted by Crippen LogP contribution is 2.45. The highest BCUT2D eigenvalue weighted by Gasteiger charge is 2.63. The summed E-state index contributed by atoms with van der Waals surface area (Å²) in [5.41, 5.74) is -1.77. The Morgan fingerprint density at radius 2 is 1.47 bits per heavy atom. The molecule has 1 unspecified atom stereocenters. The lowest BCUT2D eigenvalue weighted by Gasteiger charge is -2.25. The van der Waals surface area contributed by atoms with Gasteiger partial charge < -0.3 is 9.84 Å². The number of rotatable bonds is 3. The van der Waals surface area contributed by atoms with Crippen molar-refractivity contribution in [2.24, 2.45) is 0 Å². The topological polar surface area (TPSA) is 29.5 Å². The molecule has 0 aliphatic carbocycles. The van der Waals surface area contributed by atoms with Gasteiger partial charge in [0.25, 0.3) is 0 Å². The second kappa shape index (κ2) is 4.87. The zero-order valence-electron chi connectivity index (χ0n) is 9.23. The summed E-state index contributed by atoms with van der Waals surface area (Å²) in [5.74, 6) is -9.66. The van der Waals surface area contributed by atoms with Crippen LogP contribution >= 0.6 is 0 Å². The molecule has 0 heterocycles. The van der Waals surface area contributed by atoms with Crippen molar-refractivity contribution in [2.75, 3.05) is 7.11 Å². The minimum atomic E-state index is -6.15. The molecule has 0 radical (unpaired) electrons. The molecule has 0 spiro atoms. The normalized spacial score (nSPS) is 14.4. The van der Waals surface area contributed by atoms with Crippen LogP contribution in [-0.2, 0) is 0 Å². The Morgan fingerprint density at radius 1 is 1.05 bits per heavy atom. The number of hydrogen-bond acceptors (Lipinski definition) is 2. The summed E-state index contributed by atoms with van der Waals surface area (Å²) in [4.78, 5) is 0. The van der Waals surface area contributed by atoms with Gasteiger partial charge in [0.05, 0.1) is 12.7 Å². The van der Waals surface area contributed by atoms with E-state index in [1.165, 1.54) is 0 Å². The van der Waals surface area contributed by atoms with Crippen molar-refractivity contribution in [3.8, 4) is 5.75 Å². The van der Waals surface area contributed by atoms with Crippen LogP contribution in [0.1, 0.15) is 11.7 Å². The van der Waals surface area contributed by atoms with E-state index in [1.807, 2.05) is 0 Å². The maximum atomic E-state index is 13.3. The molecule has 0 amide bonds. The third-order valence-corrected chi connectivity index (χ3v) is 2.28. The molecule has 9 heteroatoms. The van der Waals surface area contributed by atoms with Gasteiger partial charge in [-0.3, -0.25) is 0 Å². The standard InChI is InChI=1S/C10H7F7O2/c1-19-4-2-5(11)7(6(12)3-4)8(18)9(13,14)10(15,16)17/h2-3,8,18H,1H3. The smallest absolute Gasteiger partial charge is 0.456 e. The number of aliphatic hydroxyl groups excluding tert-OH is 1. The molecule has 0 saturated carbocycles. The highest BCUT2D eigenvalue weighted by atomic mass is 19.4. The average Bonchev–Trinajstić information content (AvgIpc) is 2.25. The van der Waals surface area contributed by atoms with Crippen molar-refractivity contribution in [1.82, 2.24) is 0 Å². The van der Waals surface area contributed by atoms with E-state index in [2.05, 4.69) is 4.74 Å². The molecule has 0 saturated heterocycles. The molecule has 0 aromatic heterocycles. The predicted octanol–water partition coefficient (Wildman–Crippen LogP) is 3.20. The first-order valence-corrected chi connectivity index (χ1v) is 4.68. The summed E-state index contributed by atoms with van der Waals surface area (Å²) in [6.07, 6.45) is -9.84. The average molecular weight is 292 g/mol. The molecule has 0 aliphatic rings. The van der Waals surface area contributed by atoms with Crippen LogP contribution in [0.3, 0.4) is 0 Å². The molecule has 2 nitrogen and oxygen atoms in total. The van der Waals surface area contributed by atoms with Gasteiger partial charge >= 0.3 is 12.1 Å². The minimum absolute atomic E-state index is 0.383. The van der Waals surface area contributed by atoms with Crippen molar-refractivity contribution in [1.29, 1.82) is 0 Å². The SMILES string of the molecule is COc1cc(F)c(C(O)C(F)(F)C(F)(F)F)c(F)c1. The van der Waals surface area contributed by atoms with Crippen molar-refractivity contribution in [3.63, 3.8) is 0 Å². The Labute approximate surface area is 102 Å². The second-order valence-corrected chi connectivity index (χ2v) is 3.53. The van der Waals surface area contributed by atoms with Gasteiger partial charge in [0.15, 0.2) is 6.10 Å². The van der Waals surface area contributed by atoms with E-state index in [0.717, 1.165) is 7.11 Å². The van der Waals surface area contributed by atoms with Crippen molar-refractivity contribution in [2.45, 2.75) is 18.2 Å². The van der Waals surface area contributed by atoms with E-state index in [-0.39, 0.29) is 0 Å². The fourth-order valence-electron chi connectivity index (χ4n) is 1.28. The van der Waals surface area contributed by atoms with E-state index in [4.69, 9.17) is 5.11 Å². The molecule has 19 heavy (non-hydrogen) atoms. The summed E-state index contributed by atoms with van der Waals surface area (Å²) in [6.45, 7) is 0. The van der Waals surface area contributed by atoms with Crippen molar-refractivity contribution in [3.05, 3.63) is 29.3 Å². The van der Waals surface area contributed by atoms with Crippen LogP contribution in [-0.4, -0.2) is 24.3 Å². The molecule has 1 N–H and O–H groups in total. The van der Waals surface area contributed by atoms with Gasteiger partial charge in [-0.2, -0.15) is 22.0 Å². The number of halogens is 7. The maximum Gasteiger partial charge on any atom is 0.456 e. The lowest BCUT2D eigenvalue weighted by molar-refractivity contribution is -0.315. The van der Waals surface area contributed by atoms with Crippen LogP contribution in [0, 0.1) is 11.6 Å². The third-order valence-electron chi connectivity index (χ3n) is 2.28. The summed E-state index contributed by atoms with van der Waals surface area (Å²) < 4.78 is 92.6. The summed E-state index contributed by atoms with van der Waals surface area (Å²) >= 11 is 0. The van der Waals surface area contributed by atoms with Crippen LogP contribution in [0.5, 0.6) is 5.75 Å². The lowest BCUT2D eigenvalue weighted by Crippen LogP contribution is -2.42. The van der Waals surface area contributed by atoms with Gasteiger partial charge in [0.2, 0.25) is 0 Å². The fraction of sp³-hybridized carbons (Fsp3) is 0.400. The summed E-state index contributed by atoms with van der Waals surface area (Å²) in [7, 11) is 1.01. The van der Waals surface area contributed by atoms with Crippen LogP contribution < -0.4 is 4.74 Å². The largest absolute Gasteiger partial charge is 0.497 e. The number of alkyl halides is 5. The van der Waals surface area contributed by atoms with Gasteiger partial charge in [-0.15, -0.1) is 0 Å². The van der Waals surface area contributed by atoms with Crippen molar-refractivity contribution < 1.29 is 40.6 Å². The molecule has 1 rings (SSSR count). The van der Waals surface area contributed by atoms with E-state index in [1.54, 1.807) is 0 Å². The Morgan fingerprint density at radius 3 is 1.79 bits per heavy atom. The monoisotopic (exact) mass is 292 g/mol. The first kappa shape index (κ1) is 15.5. The van der Waals surface area contributed by atoms with Crippen LogP contribution in [0.2, 0.25) is 0 Å². The summed E-state index contributed by atoms with van der Waals surface area (Å²) in [5, 5.41) is 8.92. The Hall–Kier alpha value is -1.51.